The maximum Gasteiger partial charge on any atom is 0.407 e. The number of nitrogens with zero attached hydrogens (tertiary/aromatic N) is 1. The highest BCUT2D eigenvalue weighted by molar-refractivity contribution is 5.89. The van der Waals surface area contributed by atoms with Crippen LogP contribution >= 0.6 is 0 Å². The number of amides is 2. The number of carboxylic acids is 1. The van der Waals surface area contributed by atoms with Gasteiger partial charge in [-0.05, 0) is 34.1 Å². The predicted molar refractivity (Wildman–Crippen MR) is 134 cm³/mol. The zero-order valence-electron chi connectivity index (χ0n) is 20.6. The zero-order valence-corrected chi connectivity index (χ0v) is 20.6. The number of carbonyl (C=O) groups is 3. The topological polar surface area (TPSA) is 95.9 Å². The molecule has 2 unspecified atom stereocenters. The van der Waals surface area contributed by atoms with Crippen LogP contribution in [-0.2, 0) is 14.3 Å². The summed E-state index contributed by atoms with van der Waals surface area (Å²) in [5.74, 6) is 0.569. The van der Waals surface area contributed by atoms with Crippen molar-refractivity contribution in [3.63, 3.8) is 0 Å². The summed E-state index contributed by atoms with van der Waals surface area (Å²) in [5, 5.41) is 12.2. The van der Waals surface area contributed by atoms with Crippen molar-refractivity contribution >= 4 is 18.0 Å². The van der Waals surface area contributed by atoms with E-state index in [0.29, 0.717) is 0 Å². The van der Waals surface area contributed by atoms with Gasteiger partial charge in [-0.15, -0.1) is 12.3 Å². The number of benzene rings is 2. The van der Waals surface area contributed by atoms with E-state index in [0.717, 1.165) is 27.2 Å². The molecule has 2 N–H and O–H groups in total. The Hall–Kier alpha value is -3.79. The van der Waals surface area contributed by atoms with Crippen LogP contribution in [-0.4, -0.2) is 53.7 Å². The quantitative estimate of drug-likeness (QED) is 0.555. The van der Waals surface area contributed by atoms with Crippen molar-refractivity contribution in [1.29, 1.82) is 0 Å². The Balaban J connectivity index is 1.69. The molecule has 7 nitrogen and oxygen atoms in total. The number of ether oxygens (including phenoxy) is 1. The van der Waals surface area contributed by atoms with Crippen LogP contribution in [0.25, 0.3) is 11.1 Å². The largest absolute Gasteiger partial charge is 0.480 e. The van der Waals surface area contributed by atoms with Gasteiger partial charge in [-0.1, -0.05) is 69.3 Å². The highest BCUT2D eigenvalue weighted by Gasteiger charge is 2.35. The Morgan fingerprint density at radius 3 is 2.11 bits per heavy atom. The SMILES string of the molecule is C#CCC(NC(=O)OCC1c2ccccc2-c2ccccc21)C(=O)N(C)C(CC(C)(C)C)C(=O)O. The van der Waals surface area contributed by atoms with E-state index in [4.69, 9.17) is 11.2 Å². The van der Waals surface area contributed by atoms with E-state index >= 15 is 0 Å². The minimum Gasteiger partial charge on any atom is -0.480 e. The van der Waals surface area contributed by atoms with Crippen molar-refractivity contribution in [2.24, 2.45) is 5.41 Å². The van der Waals surface area contributed by atoms with Crippen LogP contribution in [0.2, 0.25) is 0 Å². The highest BCUT2D eigenvalue weighted by Crippen LogP contribution is 2.44. The molecule has 184 valence electrons. The standard InChI is InChI=1S/C28H32N2O5/c1-6-11-23(25(31)30(5)24(26(32)33)16-28(2,3)4)29-27(34)35-17-22-20-14-9-7-12-18(20)19-13-8-10-15-21(19)22/h1,7-10,12-15,22-24H,11,16-17H2,2-5H3,(H,29,34)(H,32,33). The molecule has 1 aliphatic rings. The van der Waals surface area contributed by atoms with E-state index in [-0.39, 0.29) is 30.8 Å². The molecule has 0 heterocycles. The van der Waals surface area contributed by atoms with Gasteiger partial charge in [0.05, 0.1) is 0 Å². The number of aliphatic carboxylic acids is 1. The molecule has 0 saturated carbocycles. The molecule has 7 heteroatoms. The molecule has 2 aromatic rings. The maximum absolute atomic E-state index is 13.1. The summed E-state index contributed by atoms with van der Waals surface area (Å²) in [5.41, 5.74) is 4.04. The van der Waals surface area contributed by atoms with E-state index in [2.05, 4.69) is 11.2 Å². The summed E-state index contributed by atoms with van der Waals surface area (Å²) in [6, 6.07) is 13.8. The van der Waals surface area contributed by atoms with E-state index in [1.807, 2.05) is 69.3 Å². The van der Waals surface area contributed by atoms with Gasteiger partial charge < -0.3 is 20.1 Å². The van der Waals surface area contributed by atoms with Crippen LogP contribution in [0.5, 0.6) is 0 Å². The number of carboxylic acid groups (broad SMARTS) is 1. The second-order valence-electron chi connectivity index (χ2n) is 10.00. The molecule has 0 radical (unpaired) electrons. The molecule has 0 bridgehead atoms. The summed E-state index contributed by atoms with van der Waals surface area (Å²) in [4.78, 5) is 38.7. The van der Waals surface area contributed by atoms with Crippen molar-refractivity contribution in [1.82, 2.24) is 10.2 Å². The normalized spacial score (nSPS) is 14.1. The van der Waals surface area contributed by atoms with Gasteiger partial charge in [0.1, 0.15) is 18.7 Å². The number of likely N-dealkylation sites (N-methyl/N-ethyl adjacent to an activating group) is 1. The Labute approximate surface area is 206 Å². The summed E-state index contributed by atoms with van der Waals surface area (Å²) >= 11 is 0. The summed E-state index contributed by atoms with van der Waals surface area (Å²) in [7, 11) is 1.41. The minimum absolute atomic E-state index is 0.0881. The van der Waals surface area contributed by atoms with Crippen LogP contribution in [0.3, 0.4) is 0 Å². The third kappa shape index (κ3) is 6.02. The Morgan fingerprint density at radius 2 is 1.63 bits per heavy atom. The number of alkyl carbamates (subject to hydrolysis) is 1. The maximum atomic E-state index is 13.1. The molecular weight excluding hydrogens is 444 g/mol. The minimum atomic E-state index is -1.11. The second kappa shape index (κ2) is 10.6. The lowest BCUT2D eigenvalue weighted by atomic mass is 9.87. The van der Waals surface area contributed by atoms with E-state index in [1.165, 1.54) is 7.05 Å². The van der Waals surface area contributed by atoms with Gasteiger partial charge in [-0.25, -0.2) is 9.59 Å². The van der Waals surface area contributed by atoms with Crippen LogP contribution < -0.4 is 5.32 Å². The number of carbonyl (C=O) groups excluding carboxylic acids is 2. The zero-order chi connectivity index (χ0) is 25.8. The van der Waals surface area contributed by atoms with Gasteiger partial charge in [0.25, 0.3) is 0 Å². The number of nitrogens with one attached hydrogen (secondary N) is 1. The first-order valence-electron chi connectivity index (χ1n) is 11.6. The first-order valence-corrected chi connectivity index (χ1v) is 11.6. The third-order valence-electron chi connectivity index (χ3n) is 6.16. The summed E-state index contributed by atoms with van der Waals surface area (Å²) in [6.45, 7) is 5.79. The smallest absolute Gasteiger partial charge is 0.407 e. The molecule has 2 atom stereocenters. The average molecular weight is 477 g/mol. The van der Waals surface area contributed by atoms with E-state index in [9.17, 15) is 19.5 Å². The molecule has 2 amide bonds. The van der Waals surface area contributed by atoms with Crippen molar-refractivity contribution in [3.8, 4) is 23.5 Å². The molecule has 0 saturated heterocycles. The third-order valence-corrected chi connectivity index (χ3v) is 6.16. The fourth-order valence-electron chi connectivity index (χ4n) is 4.47. The fourth-order valence-corrected chi connectivity index (χ4v) is 4.47. The molecule has 0 aromatic heterocycles. The van der Waals surface area contributed by atoms with Gasteiger partial charge >= 0.3 is 12.1 Å². The Kier molecular flexibility index (Phi) is 7.85. The first kappa shape index (κ1) is 25.8. The molecule has 0 aliphatic heterocycles. The monoisotopic (exact) mass is 476 g/mol. The fraction of sp³-hybridized carbons (Fsp3) is 0.393. The van der Waals surface area contributed by atoms with Gasteiger partial charge in [0, 0.05) is 19.4 Å². The van der Waals surface area contributed by atoms with Crippen molar-refractivity contribution in [3.05, 3.63) is 59.7 Å². The first-order chi connectivity index (χ1) is 16.5. The number of hydrogen-bond acceptors (Lipinski definition) is 4. The van der Waals surface area contributed by atoms with Gasteiger partial charge in [-0.2, -0.15) is 0 Å². The van der Waals surface area contributed by atoms with Crippen molar-refractivity contribution in [2.75, 3.05) is 13.7 Å². The van der Waals surface area contributed by atoms with E-state index in [1.54, 1.807) is 0 Å². The summed E-state index contributed by atoms with van der Waals surface area (Å²) in [6.07, 6.45) is 4.81. The molecule has 0 fully saturated rings. The molecule has 3 rings (SSSR count). The lowest BCUT2D eigenvalue weighted by molar-refractivity contribution is -0.151. The van der Waals surface area contributed by atoms with Crippen LogP contribution in [0, 0.1) is 17.8 Å². The lowest BCUT2D eigenvalue weighted by Crippen LogP contribution is -2.53. The van der Waals surface area contributed by atoms with Crippen molar-refractivity contribution < 1.29 is 24.2 Å². The predicted octanol–water partition coefficient (Wildman–Crippen LogP) is 4.26. The van der Waals surface area contributed by atoms with E-state index < -0.39 is 30.1 Å². The molecule has 35 heavy (non-hydrogen) atoms. The molecule has 2 aromatic carbocycles. The highest BCUT2D eigenvalue weighted by atomic mass is 16.5. The molecular formula is C28H32N2O5. The van der Waals surface area contributed by atoms with Crippen molar-refractivity contribution in [2.45, 2.75) is 51.6 Å². The molecule has 1 aliphatic carbocycles. The van der Waals surface area contributed by atoms with Crippen LogP contribution in [0.1, 0.15) is 50.7 Å². The average Bonchev–Trinajstić information content (AvgIpc) is 3.13. The van der Waals surface area contributed by atoms with Crippen LogP contribution in [0.15, 0.2) is 48.5 Å². The van der Waals surface area contributed by atoms with Gasteiger partial charge in [-0.3, -0.25) is 4.79 Å². The number of hydrogen-bond donors (Lipinski definition) is 2. The second-order valence-corrected chi connectivity index (χ2v) is 10.00. The van der Waals surface area contributed by atoms with Gasteiger partial charge in [0.15, 0.2) is 0 Å². The summed E-state index contributed by atoms with van der Waals surface area (Å²) < 4.78 is 5.53. The Bertz CT molecular complexity index is 1100. The number of rotatable bonds is 8. The Morgan fingerprint density at radius 1 is 1.09 bits per heavy atom. The van der Waals surface area contributed by atoms with Gasteiger partial charge in [0.2, 0.25) is 5.91 Å². The lowest BCUT2D eigenvalue weighted by Gasteiger charge is -2.32. The van der Waals surface area contributed by atoms with Crippen LogP contribution in [0.4, 0.5) is 4.79 Å². The molecule has 0 spiro atoms. The number of fused-ring (bicyclic) bond motifs is 3. The number of terminal acetylenes is 1.